The van der Waals surface area contributed by atoms with E-state index in [0.717, 1.165) is 16.8 Å². The maximum atomic E-state index is 13.1. The molecule has 0 saturated carbocycles. The molecule has 8 nitrogen and oxygen atoms in total. The predicted molar refractivity (Wildman–Crippen MR) is 120 cm³/mol. The number of anilines is 2. The molecular weight excluding hydrogens is 394 g/mol. The number of amides is 1. The monoisotopic (exact) mass is 421 g/mol. The summed E-state index contributed by atoms with van der Waals surface area (Å²) in [5, 5.41) is 20.3. The number of nitriles is 1. The van der Waals surface area contributed by atoms with Gasteiger partial charge >= 0.3 is 0 Å². The molecule has 0 aliphatic carbocycles. The van der Waals surface area contributed by atoms with E-state index < -0.39 is 0 Å². The number of nitro groups is 1. The fourth-order valence-electron chi connectivity index (χ4n) is 3.98. The highest BCUT2D eigenvalue weighted by Crippen LogP contribution is 2.28. The van der Waals surface area contributed by atoms with Gasteiger partial charge in [0.1, 0.15) is 5.69 Å². The van der Waals surface area contributed by atoms with Crippen LogP contribution in [0.5, 0.6) is 0 Å². The van der Waals surface area contributed by atoms with Crippen molar-refractivity contribution in [1.82, 2.24) is 4.90 Å². The third kappa shape index (κ3) is 5.58. The van der Waals surface area contributed by atoms with Crippen molar-refractivity contribution in [3.8, 4) is 6.07 Å². The van der Waals surface area contributed by atoms with Crippen molar-refractivity contribution in [3.05, 3.63) is 63.7 Å². The number of nitro benzene ring substituents is 1. The average molecular weight is 422 g/mol. The van der Waals surface area contributed by atoms with Gasteiger partial charge in [-0.3, -0.25) is 19.8 Å². The first-order chi connectivity index (χ1) is 14.9. The third-order valence-electron chi connectivity index (χ3n) is 5.42. The third-order valence-corrected chi connectivity index (χ3v) is 5.42. The van der Waals surface area contributed by atoms with Crippen molar-refractivity contribution >= 4 is 23.0 Å². The molecule has 0 N–H and O–H groups in total. The van der Waals surface area contributed by atoms with E-state index in [0.29, 0.717) is 38.4 Å². The number of benzene rings is 2. The highest BCUT2D eigenvalue weighted by atomic mass is 16.6. The largest absolute Gasteiger partial charge is 0.363 e. The van der Waals surface area contributed by atoms with Crippen molar-refractivity contribution in [2.45, 2.75) is 20.3 Å². The van der Waals surface area contributed by atoms with E-state index in [1.807, 2.05) is 30.9 Å². The normalized spacial score (nSPS) is 14.2. The van der Waals surface area contributed by atoms with E-state index in [4.69, 9.17) is 5.26 Å². The van der Waals surface area contributed by atoms with Gasteiger partial charge in [-0.15, -0.1) is 0 Å². The molecule has 1 aliphatic rings. The molecule has 1 amide bonds. The quantitative estimate of drug-likeness (QED) is 0.503. The van der Waals surface area contributed by atoms with E-state index in [9.17, 15) is 14.9 Å². The highest BCUT2D eigenvalue weighted by molar-refractivity contribution is 5.95. The Morgan fingerprint density at radius 3 is 2.39 bits per heavy atom. The second kappa shape index (κ2) is 10.0. The zero-order valence-electron chi connectivity index (χ0n) is 18.0. The Labute approximate surface area is 182 Å². The molecule has 1 fully saturated rings. The summed E-state index contributed by atoms with van der Waals surface area (Å²) in [6.45, 7) is 7.08. The van der Waals surface area contributed by atoms with Crippen LogP contribution in [0.4, 0.5) is 17.1 Å². The molecule has 0 unspecified atom stereocenters. The van der Waals surface area contributed by atoms with Crippen molar-refractivity contribution in [1.29, 1.82) is 5.26 Å². The van der Waals surface area contributed by atoms with Crippen molar-refractivity contribution < 1.29 is 9.72 Å². The molecule has 2 aromatic rings. The Hall–Kier alpha value is -3.44. The minimum atomic E-state index is -0.359. The summed E-state index contributed by atoms with van der Waals surface area (Å²) in [5.74, 6) is -0.0422. The summed E-state index contributed by atoms with van der Waals surface area (Å²) in [5.41, 5.74) is 3.68. The fourth-order valence-corrected chi connectivity index (χ4v) is 3.98. The number of para-hydroxylation sites is 2. The molecule has 0 bridgehead atoms. The molecular formula is C23H27N5O3. The van der Waals surface area contributed by atoms with Crippen LogP contribution < -0.4 is 9.80 Å². The zero-order chi connectivity index (χ0) is 22.4. The van der Waals surface area contributed by atoms with Gasteiger partial charge in [0.05, 0.1) is 24.0 Å². The summed E-state index contributed by atoms with van der Waals surface area (Å²) in [6, 6.07) is 14.9. The number of hydrogen-bond donors (Lipinski definition) is 0. The van der Waals surface area contributed by atoms with Crippen LogP contribution in [-0.2, 0) is 4.79 Å². The fraction of sp³-hybridized carbons (Fsp3) is 0.391. The highest BCUT2D eigenvalue weighted by Gasteiger charge is 2.26. The lowest BCUT2D eigenvalue weighted by atomic mass is 10.1. The van der Waals surface area contributed by atoms with Gasteiger partial charge in [-0.2, -0.15) is 5.26 Å². The molecule has 2 aromatic carbocycles. The summed E-state index contributed by atoms with van der Waals surface area (Å²) in [4.78, 5) is 29.8. The molecule has 8 heteroatoms. The number of piperazine rings is 1. The van der Waals surface area contributed by atoms with Gasteiger partial charge in [0.2, 0.25) is 5.91 Å². The molecule has 1 aliphatic heterocycles. The standard InChI is InChI=1S/C23H27N5O3/c1-18-14-19(2)16-20(15-18)27(9-5-8-24)23(29)17-25-10-12-26(13-11-25)21-6-3-4-7-22(21)28(30)31/h3-4,6-7,14-16H,5,9-13,17H2,1-2H3. The van der Waals surface area contributed by atoms with Crippen LogP contribution in [0.2, 0.25) is 0 Å². The molecule has 0 aromatic heterocycles. The van der Waals surface area contributed by atoms with E-state index in [-0.39, 0.29) is 29.5 Å². The van der Waals surface area contributed by atoms with Gasteiger partial charge in [-0.1, -0.05) is 18.2 Å². The van der Waals surface area contributed by atoms with E-state index >= 15 is 0 Å². The first-order valence-corrected chi connectivity index (χ1v) is 10.4. The van der Waals surface area contributed by atoms with E-state index in [1.54, 1.807) is 23.1 Å². The minimum Gasteiger partial charge on any atom is -0.363 e. The van der Waals surface area contributed by atoms with E-state index in [1.165, 1.54) is 6.07 Å². The maximum absolute atomic E-state index is 13.1. The summed E-state index contributed by atoms with van der Waals surface area (Å²) >= 11 is 0. The molecule has 162 valence electrons. The smallest absolute Gasteiger partial charge is 0.292 e. The molecule has 31 heavy (non-hydrogen) atoms. The van der Waals surface area contributed by atoms with Gasteiger partial charge in [0.25, 0.3) is 5.69 Å². The predicted octanol–water partition coefficient (Wildman–Crippen LogP) is 3.28. The van der Waals surface area contributed by atoms with Crippen LogP contribution in [0, 0.1) is 35.3 Å². The van der Waals surface area contributed by atoms with Crippen molar-refractivity contribution in [3.63, 3.8) is 0 Å². The minimum absolute atomic E-state index is 0.0422. The SMILES string of the molecule is Cc1cc(C)cc(N(CCC#N)C(=O)CN2CCN(c3ccccc3[N+](=O)[O-])CC2)c1. The number of carbonyl (C=O) groups excluding carboxylic acids is 1. The topological polar surface area (TPSA) is 93.7 Å². The Balaban J connectivity index is 1.66. The van der Waals surface area contributed by atoms with Crippen LogP contribution in [0.3, 0.4) is 0 Å². The molecule has 1 saturated heterocycles. The summed E-state index contributed by atoms with van der Waals surface area (Å²) in [6.07, 6.45) is 0.268. The Bertz CT molecular complexity index is 973. The van der Waals surface area contributed by atoms with Crippen LogP contribution >= 0.6 is 0 Å². The van der Waals surface area contributed by atoms with Crippen molar-refractivity contribution in [2.75, 3.05) is 49.1 Å². The first-order valence-electron chi connectivity index (χ1n) is 10.4. The van der Waals surface area contributed by atoms with Crippen LogP contribution in [-0.4, -0.2) is 55.0 Å². The van der Waals surface area contributed by atoms with Gasteiger partial charge in [-0.25, -0.2) is 0 Å². The summed E-state index contributed by atoms with van der Waals surface area (Å²) in [7, 11) is 0. The lowest BCUT2D eigenvalue weighted by Crippen LogP contribution is -2.50. The maximum Gasteiger partial charge on any atom is 0.292 e. The van der Waals surface area contributed by atoms with Crippen LogP contribution in [0.1, 0.15) is 17.5 Å². The van der Waals surface area contributed by atoms with Gasteiger partial charge in [0.15, 0.2) is 0 Å². The second-order valence-electron chi connectivity index (χ2n) is 7.81. The number of rotatable bonds is 7. The zero-order valence-corrected chi connectivity index (χ0v) is 18.0. The molecule has 3 rings (SSSR count). The molecule has 1 heterocycles. The van der Waals surface area contributed by atoms with Gasteiger partial charge in [-0.05, 0) is 43.2 Å². The van der Waals surface area contributed by atoms with Crippen LogP contribution in [0.25, 0.3) is 0 Å². The number of hydrogen-bond acceptors (Lipinski definition) is 6. The Morgan fingerprint density at radius 2 is 1.77 bits per heavy atom. The van der Waals surface area contributed by atoms with Crippen LogP contribution in [0.15, 0.2) is 42.5 Å². The molecule has 0 atom stereocenters. The molecule has 0 spiro atoms. The molecule has 0 radical (unpaired) electrons. The van der Waals surface area contributed by atoms with E-state index in [2.05, 4.69) is 17.0 Å². The number of aryl methyl sites for hydroxylation is 2. The first kappa shape index (κ1) is 22.2. The lowest BCUT2D eigenvalue weighted by molar-refractivity contribution is -0.384. The average Bonchev–Trinajstić information content (AvgIpc) is 2.74. The number of nitrogens with zero attached hydrogens (tertiary/aromatic N) is 5. The van der Waals surface area contributed by atoms with Gasteiger partial charge in [0, 0.05) is 44.5 Å². The number of carbonyl (C=O) groups is 1. The second-order valence-corrected chi connectivity index (χ2v) is 7.81. The van der Waals surface area contributed by atoms with Crippen molar-refractivity contribution in [2.24, 2.45) is 0 Å². The lowest BCUT2D eigenvalue weighted by Gasteiger charge is -2.36. The Morgan fingerprint density at radius 1 is 1.13 bits per heavy atom. The van der Waals surface area contributed by atoms with Gasteiger partial charge < -0.3 is 9.80 Å². The summed E-state index contributed by atoms with van der Waals surface area (Å²) < 4.78 is 0. The Kier molecular flexibility index (Phi) is 7.21.